The summed E-state index contributed by atoms with van der Waals surface area (Å²) in [5.41, 5.74) is 10.5. The largest absolute Gasteiger partial charge is 0.365 e. The number of carbonyl (C=O) groups excluding carboxylic acids is 1. The molecule has 36 heavy (non-hydrogen) atoms. The van der Waals surface area contributed by atoms with Gasteiger partial charge in [-0.25, -0.2) is 9.37 Å². The SMILES string of the molecule is N#Cc1ccc2[nH]cc(CCCN3CCN(c4ncc(-c5ccc(F)cc5)cc4C(N)=O)CC3)c2c1. The molecule has 0 atom stereocenters. The molecule has 2 aromatic heterocycles. The summed E-state index contributed by atoms with van der Waals surface area (Å²) in [6.07, 6.45) is 5.70. The Morgan fingerprint density at radius 2 is 1.86 bits per heavy atom. The van der Waals surface area contributed by atoms with Crippen LogP contribution in [0.15, 0.2) is 60.9 Å². The first kappa shape index (κ1) is 23.5. The van der Waals surface area contributed by atoms with E-state index in [1.165, 1.54) is 17.7 Å². The molecule has 1 aliphatic rings. The van der Waals surface area contributed by atoms with Gasteiger partial charge in [0.05, 0.1) is 17.2 Å². The summed E-state index contributed by atoms with van der Waals surface area (Å²) in [4.78, 5) is 24.6. The normalized spacial score (nSPS) is 14.2. The lowest BCUT2D eigenvalue weighted by atomic mass is 10.0. The third-order valence-corrected chi connectivity index (χ3v) is 6.80. The number of primary amides is 1. The molecule has 2 aromatic carbocycles. The zero-order valence-electron chi connectivity index (χ0n) is 19.9. The molecule has 3 heterocycles. The van der Waals surface area contributed by atoms with Crippen molar-refractivity contribution in [2.24, 2.45) is 5.73 Å². The quantitative estimate of drug-likeness (QED) is 0.413. The maximum atomic E-state index is 13.3. The van der Waals surface area contributed by atoms with Crippen molar-refractivity contribution < 1.29 is 9.18 Å². The number of rotatable bonds is 7. The topological polar surface area (TPSA) is 102 Å². The summed E-state index contributed by atoms with van der Waals surface area (Å²) in [5, 5.41) is 10.3. The van der Waals surface area contributed by atoms with Gasteiger partial charge < -0.3 is 15.6 Å². The van der Waals surface area contributed by atoms with Gasteiger partial charge in [-0.3, -0.25) is 9.69 Å². The van der Waals surface area contributed by atoms with E-state index in [4.69, 9.17) is 5.73 Å². The molecular weight excluding hydrogens is 455 g/mol. The number of pyridine rings is 1. The first-order chi connectivity index (χ1) is 17.5. The van der Waals surface area contributed by atoms with E-state index in [0.717, 1.165) is 67.6 Å². The molecule has 0 radical (unpaired) electrons. The molecule has 3 N–H and O–H groups in total. The monoisotopic (exact) mass is 482 g/mol. The Labute approximate surface area is 209 Å². The molecule has 0 saturated carbocycles. The van der Waals surface area contributed by atoms with Gasteiger partial charge in [-0.2, -0.15) is 5.26 Å². The lowest BCUT2D eigenvalue weighted by Gasteiger charge is -2.36. The maximum absolute atomic E-state index is 13.3. The zero-order valence-corrected chi connectivity index (χ0v) is 19.9. The summed E-state index contributed by atoms with van der Waals surface area (Å²) in [5.74, 6) is -0.242. The number of halogens is 1. The van der Waals surface area contributed by atoms with Crippen molar-refractivity contribution >= 4 is 22.6 Å². The van der Waals surface area contributed by atoms with Crippen molar-refractivity contribution in [3.05, 3.63) is 83.4 Å². The average Bonchev–Trinajstić information content (AvgIpc) is 3.31. The maximum Gasteiger partial charge on any atom is 0.252 e. The molecule has 5 rings (SSSR count). The first-order valence-electron chi connectivity index (χ1n) is 12.0. The second-order valence-electron chi connectivity index (χ2n) is 9.08. The van der Waals surface area contributed by atoms with Crippen LogP contribution in [0.4, 0.5) is 10.2 Å². The van der Waals surface area contributed by atoms with Crippen molar-refractivity contribution in [1.82, 2.24) is 14.9 Å². The third kappa shape index (κ3) is 4.92. The number of aromatic nitrogens is 2. The Morgan fingerprint density at radius 1 is 1.08 bits per heavy atom. The van der Waals surface area contributed by atoms with E-state index in [1.54, 1.807) is 24.4 Å². The molecule has 0 spiro atoms. The van der Waals surface area contributed by atoms with Crippen LogP contribution < -0.4 is 10.6 Å². The number of nitrogens with one attached hydrogen (secondary N) is 1. The van der Waals surface area contributed by atoms with Gasteiger partial charge >= 0.3 is 0 Å². The van der Waals surface area contributed by atoms with Gasteiger partial charge in [0.25, 0.3) is 5.91 Å². The first-order valence-corrected chi connectivity index (χ1v) is 12.0. The number of aryl methyl sites for hydroxylation is 1. The Hall–Kier alpha value is -4.22. The predicted molar refractivity (Wildman–Crippen MR) is 138 cm³/mol. The Kier molecular flexibility index (Phi) is 6.65. The number of fused-ring (bicyclic) bond motifs is 1. The second kappa shape index (κ2) is 10.2. The van der Waals surface area contributed by atoms with E-state index in [1.807, 2.05) is 24.4 Å². The minimum atomic E-state index is -0.526. The Bertz CT molecular complexity index is 1430. The lowest BCUT2D eigenvalue weighted by Crippen LogP contribution is -2.47. The minimum Gasteiger partial charge on any atom is -0.365 e. The van der Waals surface area contributed by atoms with Gasteiger partial charge in [0.15, 0.2) is 0 Å². The number of aromatic amines is 1. The number of anilines is 1. The fourth-order valence-electron chi connectivity index (χ4n) is 4.82. The highest BCUT2D eigenvalue weighted by Gasteiger charge is 2.22. The Morgan fingerprint density at radius 3 is 2.58 bits per heavy atom. The number of amides is 1. The van der Waals surface area contributed by atoms with Crippen molar-refractivity contribution in [2.45, 2.75) is 12.8 Å². The summed E-state index contributed by atoms with van der Waals surface area (Å²) >= 11 is 0. The summed E-state index contributed by atoms with van der Waals surface area (Å²) in [7, 11) is 0. The lowest BCUT2D eigenvalue weighted by molar-refractivity contribution is 0.1000. The third-order valence-electron chi connectivity index (χ3n) is 6.80. The molecule has 1 amide bonds. The van der Waals surface area contributed by atoms with Crippen molar-refractivity contribution in [3.8, 4) is 17.2 Å². The number of benzene rings is 2. The molecule has 0 aliphatic carbocycles. The molecule has 1 fully saturated rings. The predicted octanol–water partition coefficient (Wildman–Crippen LogP) is 4.09. The number of H-pyrrole nitrogens is 1. The summed E-state index contributed by atoms with van der Waals surface area (Å²) < 4.78 is 13.3. The molecule has 0 bridgehead atoms. The number of nitrogens with zero attached hydrogens (tertiary/aromatic N) is 4. The second-order valence-corrected chi connectivity index (χ2v) is 9.08. The number of nitrogens with two attached hydrogens (primary N) is 1. The van der Waals surface area contributed by atoms with Crippen LogP contribution in [0.3, 0.4) is 0 Å². The summed E-state index contributed by atoms with van der Waals surface area (Å²) in [6, 6.07) is 15.8. The number of hydrogen-bond donors (Lipinski definition) is 2. The molecule has 4 aromatic rings. The van der Waals surface area contributed by atoms with Crippen LogP contribution >= 0.6 is 0 Å². The van der Waals surface area contributed by atoms with E-state index in [9.17, 15) is 14.4 Å². The molecule has 1 aliphatic heterocycles. The van der Waals surface area contributed by atoms with Crippen LogP contribution in [0.25, 0.3) is 22.0 Å². The van der Waals surface area contributed by atoms with Gasteiger partial charge in [-0.15, -0.1) is 0 Å². The molecular formula is C28H27FN6O. The zero-order chi connectivity index (χ0) is 25.1. The van der Waals surface area contributed by atoms with Crippen LogP contribution in [0, 0.1) is 17.1 Å². The van der Waals surface area contributed by atoms with Gasteiger partial charge in [0, 0.05) is 55.0 Å². The van der Waals surface area contributed by atoms with Crippen LogP contribution in [-0.4, -0.2) is 53.5 Å². The number of carbonyl (C=O) groups is 1. The van der Waals surface area contributed by atoms with Gasteiger partial charge in [0.2, 0.25) is 0 Å². The molecule has 1 saturated heterocycles. The smallest absolute Gasteiger partial charge is 0.252 e. The highest BCUT2D eigenvalue weighted by atomic mass is 19.1. The van der Waals surface area contributed by atoms with E-state index in [-0.39, 0.29) is 5.82 Å². The van der Waals surface area contributed by atoms with E-state index in [2.05, 4.69) is 25.8 Å². The van der Waals surface area contributed by atoms with E-state index in [0.29, 0.717) is 16.9 Å². The molecule has 7 nitrogen and oxygen atoms in total. The van der Waals surface area contributed by atoms with Gasteiger partial charge in [0.1, 0.15) is 11.6 Å². The number of hydrogen-bond acceptors (Lipinski definition) is 5. The summed E-state index contributed by atoms with van der Waals surface area (Å²) in [6.45, 7) is 4.21. The number of piperazine rings is 1. The van der Waals surface area contributed by atoms with Crippen LogP contribution in [0.2, 0.25) is 0 Å². The minimum absolute atomic E-state index is 0.314. The van der Waals surface area contributed by atoms with E-state index >= 15 is 0 Å². The average molecular weight is 483 g/mol. The van der Waals surface area contributed by atoms with Crippen molar-refractivity contribution in [3.63, 3.8) is 0 Å². The molecule has 8 heteroatoms. The van der Waals surface area contributed by atoms with Crippen molar-refractivity contribution in [1.29, 1.82) is 5.26 Å². The number of nitriles is 1. The van der Waals surface area contributed by atoms with E-state index < -0.39 is 5.91 Å². The van der Waals surface area contributed by atoms with Crippen molar-refractivity contribution in [2.75, 3.05) is 37.6 Å². The fourth-order valence-corrected chi connectivity index (χ4v) is 4.82. The van der Waals surface area contributed by atoms with Crippen LogP contribution in [-0.2, 0) is 6.42 Å². The van der Waals surface area contributed by atoms with Gasteiger partial charge in [-0.1, -0.05) is 12.1 Å². The van der Waals surface area contributed by atoms with Gasteiger partial charge in [-0.05, 0) is 66.9 Å². The standard InChI is InChI=1S/C28H27FN6O/c29-23-6-4-20(5-7-23)22-15-25(27(31)36)28(33-18-22)35-12-10-34(11-13-35)9-1-2-21-17-32-26-8-3-19(16-30)14-24(21)26/h3-8,14-15,17-18,32H,1-2,9-13H2,(H2,31,36). The van der Waals surface area contributed by atoms with Crippen LogP contribution in [0.1, 0.15) is 27.9 Å². The Balaban J connectivity index is 1.19. The molecule has 0 unspecified atom stereocenters. The highest BCUT2D eigenvalue weighted by molar-refractivity contribution is 5.99. The highest BCUT2D eigenvalue weighted by Crippen LogP contribution is 2.26. The van der Waals surface area contributed by atoms with Crippen LogP contribution in [0.5, 0.6) is 0 Å². The molecule has 182 valence electrons. The fraction of sp³-hybridized carbons (Fsp3) is 0.250.